The first-order valence-corrected chi connectivity index (χ1v) is 11.8. The molecule has 1 amide bonds. The number of carbonyl (C=O) groups is 1. The second-order valence-electron chi connectivity index (χ2n) is 8.95. The molecule has 0 fully saturated rings. The Labute approximate surface area is 211 Å². The molecule has 10 heteroatoms. The Morgan fingerprint density at radius 2 is 1.84 bits per heavy atom. The fraction of sp³-hybridized carbons (Fsp3) is 0.185. The van der Waals surface area contributed by atoms with Gasteiger partial charge in [-0.2, -0.15) is 0 Å². The van der Waals surface area contributed by atoms with Gasteiger partial charge in [0.1, 0.15) is 12.3 Å². The maximum Gasteiger partial charge on any atom is 0.351 e. The number of hydrogen-bond acceptors (Lipinski definition) is 7. The van der Waals surface area contributed by atoms with Crippen molar-refractivity contribution in [3.63, 3.8) is 0 Å². The Morgan fingerprint density at radius 3 is 2.65 bits per heavy atom. The number of ether oxygens (including phenoxy) is 3. The Bertz CT molecular complexity index is 1710. The summed E-state index contributed by atoms with van der Waals surface area (Å²) in [6, 6.07) is 20.0. The van der Waals surface area contributed by atoms with Gasteiger partial charge in [0.15, 0.2) is 11.5 Å². The minimum atomic E-state index is -0.477. The zero-order valence-electron chi connectivity index (χ0n) is 20.2. The average Bonchev–Trinajstić information content (AvgIpc) is 3.49. The molecule has 0 atom stereocenters. The topological polar surface area (TPSA) is 109 Å². The third kappa shape index (κ3) is 4.22. The molecule has 0 aliphatic carbocycles. The zero-order chi connectivity index (χ0) is 25.5. The molecule has 1 aliphatic heterocycles. The monoisotopic (exact) mass is 497 g/mol. The van der Waals surface area contributed by atoms with E-state index in [1.807, 2.05) is 36.4 Å². The largest absolute Gasteiger partial charge is 0.454 e. The summed E-state index contributed by atoms with van der Waals surface area (Å²) >= 11 is 0. The lowest BCUT2D eigenvalue weighted by Gasteiger charge is -2.09. The van der Waals surface area contributed by atoms with E-state index in [2.05, 4.69) is 29.2 Å². The van der Waals surface area contributed by atoms with E-state index in [0.717, 1.165) is 4.68 Å². The molecule has 0 spiro atoms. The van der Waals surface area contributed by atoms with Gasteiger partial charge in [0.05, 0.1) is 11.0 Å². The van der Waals surface area contributed by atoms with Gasteiger partial charge in [-0.05, 0) is 47.9 Å². The number of nitrogens with one attached hydrogen (secondary N) is 1. The van der Waals surface area contributed by atoms with Crippen LogP contribution >= 0.6 is 0 Å². The number of carbonyl (C=O) groups excluding carboxylic acids is 1. The molecule has 1 aliphatic rings. The van der Waals surface area contributed by atoms with Crippen molar-refractivity contribution in [2.45, 2.75) is 26.3 Å². The van der Waals surface area contributed by atoms with Gasteiger partial charge in [0, 0.05) is 11.8 Å². The summed E-state index contributed by atoms with van der Waals surface area (Å²) in [4.78, 5) is 30.8. The standard InChI is InChI=1S/C27H23N5O5/c1-16(2)17-7-10-19(11-8-17)37-26-25-30-31(27(34)32(25)21-6-4-3-5-20(21)29-26)14-24(33)28-18-9-12-22-23(13-18)36-15-35-22/h3-13,16H,14-15H2,1-2H3,(H,28,33). The van der Waals surface area contributed by atoms with Gasteiger partial charge in [-0.3, -0.25) is 4.79 Å². The second-order valence-corrected chi connectivity index (χ2v) is 8.95. The molecule has 1 N–H and O–H groups in total. The predicted molar refractivity (Wildman–Crippen MR) is 137 cm³/mol. The number of amides is 1. The van der Waals surface area contributed by atoms with Crippen LogP contribution in [0.3, 0.4) is 0 Å². The van der Waals surface area contributed by atoms with Gasteiger partial charge in [-0.15, -0.1) is 5.10 Å². The lowest BCUT2D eigenvalue weighted by Crippen LogP contribution is -2.28. The van der Waals surface area contributed by atoms with Crippen molar-refractivity contribution in [2.24, 2.45) is 0 Å². The van der Waals surface area contributed by atoms with Gasteiger partial charge >= 0.3 is 5.69 Å². The van der Waals surface area contributed by atoms with Crippen LogP contribution < -0.4 is 25.2 Å². The lowest BCUT2D eigenvalue weighted by atomic mass is 10.0. The molecule has 0 unspecified atom stereocenters. The maximum absolute atomic E-state index is 13.4. The van der Waals surface area contributed by atoms with Gasteiger partial charge in [-0.1, -0.05) is 38.1 Å². The molecule has 3 aromatic carbocycles. The van der Waals surface area contributed by atoms with E-state index in [1.165, 1.54) is 9.96 Å². The molecule has 5 aromatic rings. The highest BCUT2D eigenvalue weighted by molar-refractivity contribution is 5.91. The number of benzene rings is 3. The molecule has 186 valence electrons. The summed E-state index contributed by atoms with van der Waals surface area (Å²) in [5.41, 5.74) is 2.56. The number of nitrogens with zero attached hydrogens (tertiary/aromatic N) is 4. The second kappa shape index (κ2) is 8.98. The van der Waals surface area contributed by atoms with Gasteiger partial charge < -0.3 is 19.5 Å². The fourth-order valence-corrected chi connectivity index (χ4v) is 4.19. The first-order chi connectivity index (χ1) is 18.0. The number of anilines is 1. The number of para-hydroxylation sites is 2. The lowest BCUT2D eigenvalue weighted by molar-refractivity contribution is -0.117. The smallest absolute Gasteiger partial charge is 0.351 e. The van der Waals surface area contributed by atoms with E-state index in [0.29, 0.717) is 39.9 Å². The quantitative estimate of drug-likeness (QED) is 0.372. The third-order valence-electron chi connectivity index (χ3n) is 6.09. The predicted octanol–water partition coefficient (Wildman–Crippen LogP) is 4.33. The first kappa shape index (κ1) is 22.6. The molecule has 10 nitrogen and oxygen atoms in total. The van der Waals surface area contributed by atoms with Crippen LogP contribution in [-0.2, 0) is 11.3 Å². The van der Waals surface area contributed by atoms with E-state index in [4.69, 9.17) is 14.2 Å². The first-order valence-electron chi connectivity index (χ1n) is 11.8. The van der Waals surface area contributed by atoms with Crippen molar-refractivity contribution in [1.82, 2.24) is 19.2 Å². The molecule has 3 heterocycles. The molecule has 0 radical (unpaired) electrons. The molecular weight excluding hydrogens is 474 g/mol. The van der Waals surface area contributed by atoms with Crippen molar-refractivity contribution >= 4 is 28.3 Å². The van der Waals surface area contributed by atoms with Crippen LogP contribution in [0.5, 0.6) is 23.1 Å². The van der Waals surface area contributed by atoms with Gasteiger partial charge in [0.25, 0.3) is 5.88 Å². The van der Waals surface area contributed by atoms with Crippen LogP contribution in [0.25, 0.3) is 16.7 Å². The van der Waals surface area contributed by atoms with Crippen molar-refractivity contribution in [3.05, 3.63) is 82.8 Å². The Hall–Kier alpha value is -4.86. The third-order valence-corrected chi connectivity index (χ3v) is 6.09. The molecule has 0 bridgehead atoms. The van der Waals surface area contributed by atoms with Crippen LogP contribution in [0.15, 0.2) is 71.5 Å². The van der Waals surface area contributed by atoms with E-state index in [1.54, 1.807) is 30.3 Å². The SMILES string of the molecule is CC(C)c1ccc(Oc2nc3ccccc3n3c(=O)n(CC(=O)Nc4ccc5c(c4)OCO5)nc23)cc1. The Morgan fingerprint density at radius 1 is 1.05 bits per heavy atom. The normalized spacial score (nSPS) is 12.4. The van der Waals surface area contributed by atoms with Crippen LogP contribution in [0.2, 0.25) is 0 Å². The summed E-state index contributed by atoms with van der Waals surface area (Å²) in [5.74, 6) is 1.86. The fourth-order valence-electron chi connectivity index (χ4n) is 4.19. The van der Waals surface area contributed by atoms with Crippen molar-refractivity contribution in [2.75, 3.05) is 12.1 Å². The molecule has 37 heavy (non-hydrogen) atoms. The summed E-state index contributed by atoms with van der Waals surface area (Å²) in [5, 5.41) is 7.19. The van der Waals surface area contributed by atoms with E-state index >= 15 is 0 Å². The summed E-state index contributed by atoms with van der Waals surface area (Å²) in [6.45, 7) is 4.07. The van der Waals surface area contributed by atoms with Crippen LogP contribution in [0, 0.1) is 0 Å². The maximum atomic E-state index is 13.4. The van der Waals surface area contributed by atoms with Crippen LogP contribution in [0.4, 0.5) is 5.69 Å². The molecule has 0 saturated carbocycles. The summed E-state index contributed by atoms with van der Waals surface area (Å²) in [6.07, 6.45) is 0. The number of aromatic nitrogens is 4. The minimum absolute atomic E-state index is 0.137. The van der Waals surface area contributed by atoms with Crippen LogP contribution in [0.1, 0.15) is 25.3 Å². The van der Waals surface area contributed by atoms with Crippen LogP contribution in [-0.4, -0.2) is 31.9 Å². The molecular formula is C27H23N5O5. The van der Waals surface area contributed by atoms with Crippen molar-refractivity contribution in [3.8, 4) is 23.1 Å². The van der Waals surface area contributed by atoms with E-state index in [9.17, 15) is 9.59 Å². The van der Waals surface area contributed by atoms with Gasteiger partial charge in [-0.25, -0.2) is 18.9 Å². The van der Waals surface area contributed by atoms with E-state index < -0.39 is 11.6 Å². The number of hydrogen-bond donors (Lipinski definition) is 1. The minimum Gasteiger partial charge on any atom is -0.454 e. The summed E-state index contributed by atoms with van der Waals surface area (Å²) < 4.78 is 19.2. The van der Waals surface area contributed by atoms with Crippen molar-refractivity contribution in [1.29, 1.82) is 0 Å². The highest BCUT2D eigenvalue weighted by atomic mass is 16.7. The number of rotatable bonds is 6. The number of fused-ring (bicyclic) bond motifs is 4. The van der Waals surface area contributed by atoms with E-state index in [-0.39, 0.29) is 24.9 Å². The van der Waals surface area contributed by atoms with Gasteiger partial charge in [0.2, 0.25) is 18.3 Å². The molecule has 2 aromatic heterocycles. The highest BCUT2D eigenvalue weighted by Gasteiger charge is 2.20. The highest BCUT2D eigenvalue weighted by Crippen LogP contribution is 2.34. The molecule has 0 saturated heterocycles. The zero-order valence-corrected chi connectivity index (χ0v) is 20.2. The molecule has 6 rings (SSSR count). The summed E-state index contributed by atoms with van der Waals surface area (Å²) in [7, 11) is 0. The van der Waals surface area contributed by atoms with Crippen molar-refractivity contribution < 1.29 is 19.0 Å². The Balaban J connectivity index is 1.34. The average molecular weight is 498 g/mol. The Kier molecular flexibility index (Phi) is 5.48.